The van der Waals surface area contributed by atoms with Crippen LogP contribution in [-0.4, -0.2) is 47.5 Å². The van der Waals surface area contributed by atoms with E-state index in [1.54, 1.807) is 0 Å². The van der Waals surface area contributed by atoms with E-state index in [1.807, 2.05) is 24.3 Å². The maximum absolute atomic E-state index is 13.2. The summed E-state index contributed by atoms with van der Waals surface area (Å²) in [5, 5.41) is 3.18. The molecule has 2 N–H and O–H groups in total. The number of imidazole rings is 1. The molecule has 4 rings (SSSR count). The van der Waals surface area contributed by atoms with Gasteiger partial charge in [-0.15, -0.1) is 0 Å². The Morgan fingerprint density at radius 1 is 1.11 bits per heavy atom. The highest BCUT2D eigenvalue weighted by Gasteiger charge is 2.34. The molecule has 3 aromatic rings. The number of para-hydroxylation sites is 2. The smallest absolute Gasteiger partial charge is 0.243 e. The third-order valence-corrected chi connectivity index (χ3v) is 8.85. The highest BCUT2D eigenvalue weighted by Crippen LogP contribution is 2.28. The average molecular weight is 497 g/mol. The molecule has 35 heavy (non-hydrogen) atoms. The van der Waals surface area contributed by atoms with E-state index in [4.69, 9.17) is 4.98 Å². The normalized spacial score (nSPS) is 17.2. The van der Waals surface area contributed by atoms with E-state index in [0.717, 1.165) is 23.3 Å². The average Bonchev–Trinajstić information content (AvgIpc) is 3.30. The fraction of sp³-hybridized carbons (Fsp3) is 0.423. The summed E-state index contributed by atoms with van der Waals surface area (Å²) in [5.74, 6) is 0.469. The number of ketones is 1. The van der Waals surface area contributed by atoms with Crippen LogP contribution in [0.15, 0.2) is 53.4 Å². The fourth-order valence-corrected chi connectivity index (χ4v) is 5.95. The van der Waals surface area contributed by atoms with Gasteiger partial charge in [-0.3, -0.25) is 9.59 Å². The summed E-state index contributed by atoms with van der Waals surface area (Å²) >= 11 is 0. The molecule has 186 valence electrons. The number of carbonyl (C=O) groups is 2. The Hall–Kier alpha value is -3.04. The van der Waals surface area contributed by atoms with E-state index in [-0.39, 0.29) is 47.6 Å². The molecule has 0 spiro atoms. The summed E-state index contributed by atoms with van der Waals surface area (Å²) in [6, 6.07) is 13.5. The Balaban J connectivity index is 1.42. The van der Waals surface area contributed by atoms with Gasteiger partial charge in [-0.25, -0.2) is 13.4 Å². The van der Waals surface area contributed by atoms with Crippen LogP contribution < -0.4 is 5.32 Å². The number of piperidine rings is 1. The van der Waals surface area contributed by atoms with Crippen LogP contribution in [0.25, 0.3) is 11.0 Å². The molecule has 1 fully saturated rings. The predicted molar refractivity (Wildman–Crippen MR) is 134 cm³/mol. The van der Waals surface area contributed by atoms with E-state index < -0.39 is 10.0 Å². The number of carbonyl (C=O) groups excluding carboxylic acids is 2. The van der Waals surface area contributed by atoms with Crippen molar-refractivity contribution in [1.29, 1.82) is 0 Å². The van der Waals surface area contributed by atoms with Crippen molar-refractivity contribution in [2.24, 2.45) is 11.8 Å². The first-order valence-electron chi connectivity index (χ1n) is 12.1. The number of hydrogen-bond acceptors (Lipinski definition) is 5. The molecule has 8 nitrogen and oxygen atoms in total. The maximum Gasteiger partial charge on any atom is 0.243 e. The highest BCUT2D eigenvalue weighted by molar-refractivity contribution is 7.89. The second-order valence-corrected chi connectivity index (χ2v) is 11.2. The van der Waals surface area contributed by atoms with Crippen molar-refractivity contribution in [3.05, 3.63) is 59.9 Å². The van der Waals surface area contributed by atoms with Crippen LogP contribution in [-0.2, 0) is 14.8 Å². The monoisotopic (exact) mass is 496 g/mol. The first-order chi connectivity index (χ1) is 16.7. The minimum atomic E-state index is -3.68. The molecule has 2 atom stereocenters. The number of amides is 1. The van der Waals surface area contributed by atoms with Crippen molar-refractivity contribution in [2.45, 2.75) is 51.0 Å². The first kappa shape index (κ1) is 25.1. The number of hydrogen-bond donors (Lipinski definition) is 2. The summed E-state index contributed by atoms with van der Waals surface area (Å²) in [4.78, 5) is 32.9. The number of fused-ring (bicyclic) bond motifs is 1. The Bertz CT molecular complexity index is 1280. The van der Waals surface area contributed by atoms with Gasteiger partial charge in [-0.05, 0) is 49.9 Å². The summed E-state index contributed by atoms with van der Waals surface area (Å²) in [6.45, 7) is 6.16. The van der Waals surface area contributed by atoms with Gasteiger partial charge < -0.3 is 10.3 Å². The minimum absolute atomic E-state index is 0.0707. The molecule has 1 aliphatic heterocycles. The molecule has 0 aliphatic carbocycles. The standard InChI is InChI=1S/C26H32N4O4S/c1-4-17(2)24(25-27-22-7-5-6-8-23(22)28-25)29-26(32)20-13-15-30(16-14-20)35(33,34)21-11-9-19(10-12-21)18(3)31/h5-12,17,20,24H,4,13-16H2,1-3H3,(H,27,28)(H,29,32). The van der Waals surface area contributed by atoms with Crippen LogP contribution in [0.4, 0.5) is 0 Å². The van der Waals surface area contributed by atoms with E-state index in [0.29, 0.717) is 18.4 Å². The molecule has 2 heterocycles. The summed E-state index contributed by atoms with van der Waals surface area (Å²) in [7, 11) is -3.68. The lowest BCUT2D eigenvalue weighted by Crippen LogP contribution is -2.44. The predicted octanol–water partition coefficient (Wildman–Crippen LogP) is 4.07. The van der Waals surface area contributed by atoms with Gasteiger partial charge in [0.05, 0.1) is 22.0 Å². The molecular formula is C26H32N4O4S. The lowest BCUT2D eigenvalue weighted by Gasteiger charge is -2.32. The molecule has 0 saturated carbocycles. The van der Waals surface area contributed by atoms with Crippen molar-refractivity contribution in [3.63, 3.8) is 0 Å². The molecule has 0 radical (unpaired) electrons. The van der Waals surface area contributed by atoms with Crippen LogP contribution in [0.2, 0.25) is 0 Å². The molecule has 1 amide bonds. The zero-order valence-electron chi connectivity index (χ0n) is 20.3. The fourth-order valence-electron chi connectivity index (χ4n) is 4.48. The van der Waals surface area contributed by atoms with Crippen molar-refractivity contribution in [3.8, 4) is 0 Å². The number of nitrogens with one attached hydrogen (secondary N) is 2. The van der Waals surface area contributed by atoms with Crippen LogP contribution in [0.5, 0.6) is 0 Å². The number of sulfonamides is 1. The quantitative estimate of drug-likeness (QED) is 0.457. The van der Waals surface area contributed by atoms with Gasteiger partial charge in [0.15, 0.2) is 5.78 Å². The van der Waals surface area contributed by atoms with E-state index in [9.17, 15) is 18.0 Å². The number of benzene rings is 2. The van der Waals surface area contributed by atoms with Crippen molar-refractivity contribution in [1.82, 2.24) is 19.6 Å². The number of H-pyrrole nitrogens is 1. The topological polar surface area (TPSA) is 112 Å². The number of Topliss-reactive ketones (excluding diaryl/α,β-unsaturated/α-hetero) is 1. The van der Waals surface area contributed by atoms with Crippen LogP contribution in [0.1, 0.15) is 62.3 Å². The van der Waals surface area contributed by atoms with E-state index in [2.05, 4.69) is 24.1 Å². The van der Waals surface area contributed by atoms with Crippen molar-refractivity contribution < 1.29 is 18.0 Å². The molecule has 0 bridgehead atoms. The van der Waals surface area contributed by atoms with E-state index >= 15 is 0 Å². The third kappa shape index (κ3) is 5.31. The van der Waals surface area contributed by atoms with Crippen molar-refractivity contribution >= 4 is 32.7 Å². The number of aromatic nitrogens is 2. The minimum Gasteiger partial charge on any atom is -0.346 e. The SMILES string of the molecule is CCC(C)C(NC(=O)C1CCN(S(=O)(=O)c2ccc(C(C)=O)cc2)CC1)c1nc2ccccc2[nH]1. The largest absolute Gasteiger partial charge is 0.346 e. The second kappa shape index (κ2) is 10.3. The molecule has 1 saturated heterocycles. The van der Waals surface area contributed by atoms with Gasteiger partial charge in [0.1, 0.15) is 5.82 Å². The Morgan fingerprint density at radius 3 is 2.37 bits per heavy atom. The number of rotatable bonds is 8. The Kier molecular flexibility index (Phi) is 7.37. The van der Waals surface area contributed by atoms with Gasteiger partial charge in [0, 0.05) is 24.6 Å². The molecule has 1 aromatic heterocycles. The summed E-state index contributed by atoms with van der Waals surface area (Å²) in [5.41, 5.74) is 2.26. The van der Waals surface area contributed by atoms with Crippen LogP contribution in [0, 0.1) is 11.8 Å². The van der Waals surface area contributed by atoms with Crippen molar-refractivity contribution in [2.75, 3.05) is 13.1 Å². The maximum atomic E-state index is 13.2. The van der Waals surface area contributed by atoms with Gasteiger partial charge >= 0.3 is 0 Å². The Morgan fingerprint density at radius 2 is 1.77 bits per heavy atom. The lowest BCUT2D eigenvalue weighted by molar-refractivity contribution is -0.127. The van der Waals surface area contributed by atoms with Crippen LogP contribution >= 0.6 is 0 Å². The molecular weight excluding hydrogens is 464 g/mol. The molecule has 1 aliphatic rings. The zero-order valence-corrected chi connectivity index (χ0v) is 21.1. The van der Waals surface area contributed by atoms with Crippen LogP contribution in [0.3, 0.4) is 0 Å². The summed E-state index contributed by atoms with van der Waals surface area (Å²) in [6.07, 6.45) is 1.77. The summed E-state index contributed by atoms with van der Waals surface area (Å²) < 4.78 is 27.5. The van der Waals surface area contributed by atoms with Gasteiger partial charge in [-0.2, -0.15) is 4.31 Å². The molecule has 2 aromatic carbocycles. The molecule has 2 unspecified atom stereocenters. The number of nitrogens with zero attached hydrogens (tertiary/aromatic N) is 2. The lowest BCUT2D eigenvalue weighted by atomic mass is 9.94. The first-order valence-corrected chi connectivity index (χ1v) is 13.5. The number of aromatic amines is 1. The Labute approximate surface area is 206 Å². The third-order valence-electron chi connectivity index (χ3n) is 6.94. The van der Waals surface area contributed by atoms with E-state index in [1.165, 1.54) is 35.5 Å². The second-order valence-electron chi connectivity index (χ2n) is 9.27. The van der Waals surface area contributed by atoms with Gasteiger partial charge in [0.2, 0.25) is 15.9 Å². The molecule has 9 heteroatoms. The van der Waals surface area contributed by atoms with Gasteiger partial charge in [0.25, 0.3) is 0 Å². The van der Waals surface area contributed by atoms with Gasteiger partial charge in [-0.1, -0.05) is 44.5 Å². The zero-order chi connectivity index (χ0) is 25.2. The highest BCUT2D eigenvalue weighted by atomic mass is 32.2.